The molecule has 0 bridgehead atoms. The quantitative estimate of drug-likeness (QED) is 0.712. The molecule has 19 heavy (non-hydrogen) atoms. The van der Waals surface area contributed by atoms with Crippen LogP contribution in [0, 0.1) is 0 Å². The predicted octanol–water partition coefficient (Wildman–Crippen LogP) is 4.41. The molecular weight excluding hydrogens is 256 g/mol. The maximum Gasteiger partial charge on any atom is 0.144 e. The first-order chi connectivity index (χ1) is 9.33. The van der Waals surface area contributed by atoms with Gasteiger partial charge >= 0.3 is 0 Å². The molecule has 2 heteroatoms. The largest absolute Gasteiger partial charge is 0.299 e. The van der Waals surface area contributed by atoms with Crippen molar-refractivity contribution in [3.8, 4) is 0 Å². The summed E-state index contributed by atoms with van der Waals surface area (Å²) in [7, 11) is 0. The Balaban J connectivity index is 2.31. The summed E-state index contributed by atoms with van der Waals surface area (Å²) in [5, 5.41) is 0. The van der Waals surface area contributed by atoms with Crippen LogP contribution in [0.5, 0.6) is 0 Å². The van der Waals surface area contributed by atoms with Gasteiger partial charge in [0, 0.05) is 12.3 Å². The molecule has 0 aliphatic carbocycles. The molecule has 0 aliphatic heterocycles. The fourth-order valence-electron chi connectivity index (χ4n) is 2.24. The van der Waals surface area contributed by atoms with Gasteiger partial charge in [-0.15, -0.1) is 11.6 Å². The van der Waals surface area contributed by atoms with Crippen LogP contribution in [0.25, 0.3) is 0 Å². The Morgan fingerprint density at radius 2 is 1.37 bits per heavy atom. The normalized spacial score (nSPS) is 10.6. The average molecular weight is 273 g/mol. The number of carbonyl (C=O) groups excluding carboxylic acids is 1. The van der Waals surface area contributed by atoms with E-state index < -0.39 is 0 Å². The summed E-state index contributed by atoms with van der Waals surface area (Å²) in [5.41, 5.74) is 2.10. The Kier molecular flexibility index (Phi) is 5.17. The van der Waals surface area contributed by atoms with Crippen LogP contribution in [0.15, 0.2) is 60.7 Å². The van der Waals surface area contributed by atoms with Crippen LogP contribution in [-0.4, -0.2) is 11.7 Å². The van der Waals surface area contributed by atoms with E-state index in [1.54, 1.807) is 0 Å². The van der Waals surface area contributed by atoms with Gasteiger partial charge in [-0.05, 0) is 17.5 Å². The zero-order valence-electron chi connectivity index (χ0n) is 10.8. The summed E-state index contributed by atoms with van der Waals surface area (Å²) in [5.74, 6) is 0.589. The highest BCUT2D eigenvalue weighted by molar-refractivity contribution is 6.18. The van der Waals surface area contributed by atoms with Crippen molar-refractivity contribution in [1.82, 2.24) is 0 Å². The number of ketones is 1. The second-order valence-corrected chi connectivity index (χ2v) is 4.89. The maximum atomic E-state index is 12.4. The average Bonchev–Trinajstić information content (AvgIpc) is 2.47. The van der Waals surface area contributed by atoms with Crippen molar-refractivity contribution in [1.29, 1.82) is 0 Å². The van der Waals surface area contributed by atoms with Crippen molar-refractivity contribution in [2.24, 2.45) is 0 Å². The lowest BCUT2D eigenvalue weighted by molar-refractivity contribution is -0.119. The summed E-state index contributed by atoms with van der Waals surface area (Å²) >= 11 is 5.69. The molecule has 2 rings (SSSR count). The van der Waals surface area contributed by atoms with E-state index in [-0.39, 0.29) is 11.7 Å². The summed E-state index contributed by atoms with van der Waals surface area (Å²) in [4.78, 5) is 12.4. The van der Waals surface area contributed by atoms with E-state index in [0.29, 0.717) is 12.3 Å². The Morgan fingerprint density at radius 3 is 1.79 bits per heavy atom. The van der Waals surface area contributed by atoms with Crippen LogP contribution >= 0.6 is 11.6 Å². The molecule has 0 spiro atoms. The molecule has 0 N–H and O–H groups in total. The smallest absolute Gasteiger partial charge is 0.144 e. The summed E-state index contributed by atoms with van der Waals surface area (Å²) in [6, 6.07) is 19.9. The molecule has 0 unspecified atom stereocenters. The lowest BCUT2D eigenvalue weighted by atomic mass is 9.86. The minimum absolute atomic E-state index is 0.175. The number of benzene rings is 2. The number of halogens is 1. The first-order valence-electron chi connectivity index (χ1n) is 6.51. The van der Waals surface area contributed by atoms with E-state index in [4.69, 9.17) is 11.6 Å². The first-order valence-corrected chi connectivity index (χ1v) is 7.05. The monoisotopic (exact) mass is 272 g/mol. The molecule has 98 valence electrons. The summed E-state index contributed by atoms with van der Waals surface area (Å²) < 4.78 is 0. The van der Waals surface area contributed by atoms with E-state index >= 15 is 0 Å². The minimum Gasteiger partial charge on any atom is -0.299 e. The predicted molar refractivity (Wildman–Crippen MR) is 79.7 cm³/mol. The molecule has 0 atom stereocenters. The molecule has 0 aliphatic rings. The maximum absolute atomic E-state index is 12.4. The first kappa shape index (κ1) is 13.8. The van der Waals surface area contributed by atoms with Crippen LogP contribution in [-0.2, 0) is 4.79 Å². The molecule has 2 aromatic carbocycles. The second-order valence-electron chi connectivity index (χ2n) is 4.51. The summed E-state index contributed by atoms with van der Waals surface area (Å²) in [6.07, 6.45) is 1.26. The van der Waals surface area contributed by atoms with Gasteiger partial charge in [0.1, 0.15) is 5.78 Å². The van der Waals surface area contributed by atoms with Crippen molar-refractivity contribution in [2.45, 2.75) is 18.8 Å². The van der Waals surface area contributed by atoms with Crippen molar-refractivity contribution >= 4 is 17.4 Å². The van der Waals surface area contributed by atoms with Crippen molar-refractivity contribution in [3.05, 3.63) is 71.8 Å². The Labute approximate surface area is 119 Å². The molecule has 0 saturated carbocycles. The number of hydrogen-bond donors (Lipinski definition) is 0. The minimum atomic E-state index is -0.175. The number of Topliss-reactive ketones (excluding diaryl/α,β-unsaturated/α-hetero) is 1. The Morgan fingerprint density at radius 1 is 0.895 bits per heavy atom. The van der Waals surface area contributed by atoms with Crippen LogP contribution < -0.4 is 0 Å². The molecule has 2 aromatic rings. The van der Waals surface area contributed by atoms with Crippen LogP contribution in [0.2, 0.25) is 0 Å². The highest BCUT2D eigenvalue weighted by atomic mass is 35.5. The van der Waals surface area contributed by atoms with Gasteiger partial charge in [0.05, 0.1) is 5.92 Å². The fraction of sp³-hybridized carbons (Fsp3) is 0.235. The van der Waals surface area contributed by atoms with Gasteiger partial charge in [-0.3, -0.25) is 4.79 Å². The number of hydrogen-bond acceptors (Lipinski definition) is 1. The molecule has 1 nitrogen and oxygen atoms in total. The van der Waals surface area contributed by atoms with Gasteiger partial charge in [-0.2, -0.15) is 0 Å². The number of carbonyl (C=O) groups is 1. The van der Waals surface area contributed by atoms with E-state index in [1.165, 1.54) is 0 Å². The molecule has 0 aromatic heterocycles. The molecule has 0 amide bonds. The zero-order valence-corrected chi connectivity index (χ0v) is 11.5. The van der Waals surface area contributed by atoms with Gasteiger partial charge in [0.2, 0.25) is 0 Å². The zero-order chi connectivity index (χ0) is 13.5. The van der Waals surface area contributed by atoms with Crippen molar-refractivity contribution < 1.29 is 4.79 Å². The topological polar surface area (TPSA) is 17.1 Å². The van der Waals surface area contributed by atoms with Gasteiger partial charge in [0.15, 0.2) is 0 Å². The lowest BCUT2D eigenvalue weighted by Gasteiger charge is -2.16. The Bertz CT molecular complexity index is 468. The molecule has 0 radical (unpaired) electrons. The van der Waals surface area contributed by atoms with E-state index in [2.05, 4.69) is 0 Å². The van der Waals surface area contributed by atoms with Gasteiger partial charge < -0.3 is 0 Å². The lowest BCUT2D eigenvalue weighted by Crippen LogP contribution is -2.14. The van der Waals surface area contributed by atoms with Gasteiger partial charge in [0.25, 0.3) is 0 Å². The van der Waals surface area contributed by atoms with Crippen molar-refractivity contribution in [3.63, 3.8) is 0 Å². The third-order valence-electron chi connectivity index (χ3n) is 3.14. The highest BCUT2D eigenvalue weighted by Crippen LogP contribution is 2.27. The van der Waals surface area contributed by atoms with Gasteiger partial charge in [-0.1, -0.05) is 60.7 Å². The SMILES string of the molecule is O=C(CCCCl)C(c1ccccc1)c1ccccc1. The fourth-order valence-corrected chi connectivity index (χ4v) is 2.37. The molecular formula is C17H17ClO. The van der Waals surface area contributed by atoms with Gasteiger partial charge in [-0.25, -0.2) is 0 Å². The number of rotatable bonds is 6. The molecule has 0 fully saturated rings. The number of alkyl halides is 1. The van der Waals surface area contributed by atoms with Crippen LogP contribution in [0.4, 0.5) is 0 Å². The van der Waals surface area contributed by atoms with Crippen LogP contribution in [0.3, 0.4) is 0 Å². The standard InChI is InChI=1S/C17H17ClO/c18-13-7-12-16(19)17(14-8-3-1-4-9-14)15-10-5-2-6-11-15/h1-6,8-11,17H,7,12-13H2. The summed E-state index contributed by atoms with van der Waals surface area (Å²) in [6.45, 7) is 0. The van der Waals surface area contributed by atoms with E-state index in [0.717, 1.165) is 17.5 Å². The van der Waals surface area contributed by atoms with Crippen LogP contribution in [0.1, 0.15) is 29.9 Å². The second kappa shape index (κ2) is 7.10. The third-order valence-corrected chi connectivity index (χ3v) is 3.41. The molecule has 0 saturated heterocycles. The Hall–Kier alpha value is -1.60. The highest BCUT2D eigenvalue weighted by Gasteiger charge is 2.21. The van der Waals surface area contributed by atoms with E-state index in [9.17, 15) is 4.79 Å². The third kappa shape index (κ3) is 3.68. The van der Waals surface area contributed by atoms with Crippen molar-refractivity contribution in [2.75, 3.05) is 5.88 Å². The molecule has 0 heterocycles. The van der Waals surface area contributed by atoms with E-state index in [1.807, 2.05) is 60.7 Å².